The fourth-order valence-corrected chi connectivity index (χ4v) is 5.37. The highest BCUT2D eigenvalue weighted by Gasteiger charge is 2.27. The van der Waals surface area contributed by atoms with Crippen LogP contribution < -0.4 is 0 Å². The van der Waals surface area contributed by atoms with E-state index in [4.69, 9.17) is 4.74 Å². The highest BCUT2D eigenvalue weighted by molar-refractivity contribution is 5.98. The van der Waals surface area contributed by atoms with Gasteiger partial charge >= 0.3 is 6.09 Å². The monoisotopic (exact) mass is 501 g/mol. The number of aryl methyl sites for hydroxylation is 1. The number of fused-ring (bicyclic) bond motifs is 1. The van der Waals surface area contributed by atoms with Crippen LogP contribution >= 0.6 is 0 Å². The molecule has 1 fully saturated rings. The van der Waals surface area contributed by atoms with Gasteiger partial charge in [-0.05, 0) is 54.7 Å². The summed E-state index contributed by atoms with van der Waals surface area (Å²) in [4.78, 5) is 22.9. The maximum absolute atomic E-state index is 12.7. The van der Waals surface area contributed by atoms with Crippen LogP contribution in [0.25, 0.3) is 33.3 Å². The number of aromatic nitrogens is 2. The molecule has 0 atom stereocenters. The number of piperidine rings is 1. The number of amides is 1. The van der Waals surface area contributed by atoms with E-state index in [1.54, 1.807) is 0 Å². The lowest BCUT2D eigenvalue weighted by atomic mass is 9.92. The molecule has 5 heteroatoms. The average Bonchev–Trinajstić information content (AvgIpc) is 3.42. The Hall–Kier alpha value is -4.38. The number of hydrogen-bond donors (Lipinski definition) is 1. The van der Waals surface area contributed by atoms with Crippen LogP contribution in [0.15, 0.2) is 97.2 Å². The van der Waals surface area contributed by atoms with Crippen LogP contribution in [0.4, 0.5) is 4.79 Å². The smallest absolute Gasteiger partial charge is 0.410 e. The van der Waals surface area contributed by atoms with Crippen molar-refractivity contribution >= 4 is 17.0 Å². The Labute approximate surface area is 223 Å². The van der Waals surface area contributed by atoms with Gasteiger partial charge in [-0.2, -0.15) is 0 Å². The zero-order valence-electron chi connectivity index (χ0n) is 21.6. The molecule has 2 aromatic heterocycles. The number of H-pyrrole nitrogens is 1. The van der Waals surface area contributed by atoms with E-state index in [2.05, 4.69) is 71.5 Å². The minimum absolute atomic E-state index is 0.233. The molecule has 38 heavy (non-hydrogen) atoms. The molecule has 5 aromatic rings. The molecule has 6 rings (SSSR count). The van der Waals surface area contributed by atoms with Crippen molar-refractivity contribution < 1.29 is 9.53 Å². The molecule has 3 heterocycles. The molecule has 0 saturated carbocycles. The van der Waals surface area contributed by atoms with E-state index in [0.29, 0.717) is 25.6 Å². The Kier molecular flexibility index (Phi) is 6.65. The van der Waals surface area contributed by atoms with Gasteiger partial charge in [-0.25, -0.2) is 4.79 Å². The minimum atomic E-state index is -0.233. The Morgan fingerprint density at radius 1 is 0.921 bits per heavy atom. The molecular formula is C33H31N3O2. The average molecular weight is 502 g/mol. The largest absolute Gasteiger partial charge is 0.445 e. The summed E-state index contributed by atoms with van der Waals surface area (Å²) in [6.45, 7) is 3.79. The number of hydrogen-bond acceptors (Lipinski definition) is 3. The third kappa shape index (κ3) is 4.92. The summed E-state index contributed by atoms with van der Waals surface area (Å²) in [5, 5.41) is 1.14. The molecule has 0 aliphatic carbocycles. The van der Waals surface area contributed by atoms with Gasteiger partial charge in [-0.15, -0.1) is 0 Å². The summed E-state index contributed by atoms with van der Waals surface area (Å²) in [7, 11) is 0. The number of likely N-dealkylation sites (tertiary alicyclic amines) is 1. The second kappa shape index (κ2) is 10.5. The van der Waals surface area contributed by atoms with Crippen LogP contribution in [0.5, 0.6) is 0 Å². The number of carbonyl (C=O) groups excluding carboxylic acids is 1. The number of nitrogens with one attached hydrogen (secondary N) is 1. The number of para-hydroxylation sites is 1. The summed E-state index contributed by atoms with van der Waals surface area (Å²) in [5.74, 6) is 0.347. The van der Waals surface area contributed by atoms with E-state index in [1.807, 2.05) is 47.5 Å². The van der Waals surface area contributed by atoms with Crippen molar-refractivity contribution in [2.75, 3.05) is 13.1 Å². The number of benzene rings is 3. The first-order valence-corrected chi connectivity index (χ1v) is 13.3. The first-order valence-electron chi connectivity index (χ1n) is 13.3. The van der Waals surface area contributed by atoms with E-state index in [9.17, 15) is 4.79 Å². The molecule has 1 amide bonds. The maximum Gasteiger partial charge on any atom is 0.410 e. The Morgan fingerprint density at radius 2 is 1.66 bits per heavy atom. The lowest BCUT2D eigenvalue weighted by Gasteiger charge is -2.31. The van der Waals surface area contributed by atoms with E-state index in [-0.39, 0.29) is 6.09 Å². The molecule has 0 spiro atoms. The molecule has 0 unspecified atom stereocenters. The van der Waals surface area contributed by atoms with Gasteiger partial charge in [0.15, 0.2) is 0 Å². The van der Waals surface area contributed by atoms with Crippen LogP contribution in [0, 0.1) is 6.92 Å². The number of rotatable bonds is 5. The number of pyridine rings is 1. The minimum Gasteiger partial charge on any atom is -0.445 e. The van der Waals surface area contributed by atoms with Gasteiger partial charge in [-0.1, -0.05) is 78.4 Å². The SMILES string of the molecule is Cc1ccc(-c2[nH]c(C3CCN(C(=O)OCc4ccccc4)CC3)cc2-c2ccnc3ccccc23)cc1. The number of nitrogens with zero attached hydrogens (tertiary/aromatic N) is 2. The van der Waals surface area contributed by atoms with E-state index in [0.717, 1.165) is 35.0 Å². The second-order valence-electron chi connectivity index (χ2n) is 10.1. The Bertz CT molecular complexity index is 1540. The molecule has 1 N–H and O–H groups in total. The Morgan fingerprint density at radius 3 is 2.45 bits per heavy atom. The summed E-state index contributed by atoms with van der Waals surface area (Å²) in [6.07, 6.45) is 3.45. The molecule has 1 aliphatic heterocycles. The number of carbonyl (C=O) groups is 1. The second-order valence-corrected chi connectivity index (χ2v) is 10.1. The molecule has 0 radical (unpaired) electrons. The van der Waals surface area contributed by atoms with Gasteiger partial charge in [0.05, 0.1) is 11.2 Å². The predicted octanol–water partition coefficient (Wildman–Crippen LogP) is 7.72. The lowest BCUT2D eigenvalue weighted by molar-refractivity contribution is 0.0868. The van der Waals surface area contributed by atoms with Gasteiger partial charge in [0.1, 0.15) is 6.61 Å². The van der Waals surface area contributed by atoms with Gasteiger partial charge in [-0.3, -0.25) is 4.98 Å². The van der Waals surface area contributed by atoms with Crippen molar-refractivity contribution in [3.05, 3.63) is 114 Å². The third-order valence-corrected chi connectivity index (χ3v) is 7.52. The summed E-state index contributed by atoms with van der Waals surface area (Å²) >= 11 is 0. The van der Waals surface area contributed by atoms with Gasteiger partial charge in [0.25, 0.3) is 0 Å². The van der Waals surface area contributed by atoms with Crippen molar-refractivity contribution in [2.45, 2.75) is 32.3 Å². The zero-order valence-corrected chi connectivity index (χ0v) is 21.6. The standard InChI is InChI=1S/C33H31N3O2/c1-23-11-13-26(14-12-23)32-29(27-15-18-34-30-10-6-5-9-28(27)30)21-31(35-32)25-16-19-36(20-17-25)33(37)38-22-24-7-3-2-4-8-24/h2-15,18,21,25,35H,16-17,19-20,22H2,1H3. The summed E-state index contributed by atoms with van der Waals surface area (Å²) < 4.78 is 5.57. The molecule has 5 nitrogen and oxygen atoms in total. The fraction of sp³-hybridized carbons (Fsp3) is 0.212. The zero-order chi connectivity index (χ0) is 25.9. The number of aromatic amines is 1. The molecule has 3 aromatic carbocycles. The molecular weight excluding hydrogens is 470 g/mol. The lowest BCUT2D eigenvalue weighted by Crippen LogP contribution is -2.38. The topological polar surface area (TPSA) is 58.2 Å². The third-order valence-electron chi connectivity index (χ3n) is 7.52. The molecule has 0 bridgehead atoms. The summed E-state index contributed by atoms with van der Waals surface area (Å²) in [6, 6.07) is 31.2. The number of ether oxygens (including phenoxy) is 1. The van der Waals surface area contributed by atoms with E-state index in [1.165, 1.54) is 27.9 Å². The first kappa shape index (κ1) is 24.0. The van der Waals surface area contributed by atoms with Crippen LogP contribution in [-0.4, -0.2) is 34.1 Å². The Balaban J connectivity index is 1.25. The maximum atomic E-state index is 12.7. The molecule has 190 valence electrons. The van der Waals surface area contributed by atoms with Crippen LogP contribution in [0.3, 0.4) is 0 Å². The van der Waals surface area contributed by atoms with Crippen LogP contribution in [0.2, 0.25) is 0 Å². The molecule has 1 aliphatic rings. The summed E-state index contributed by atoms with van der Waals surface area (Å²) in [5.41, 5.74) is 9.10. The quantitative estimate of drug-likeness (QED) is 0.268. The highest BCUT2D eigenvalue weighted by Crippen LogP contribution is 2.39. The normalized spacial score (nSPS) is 14.1. The van der Waals surface area contributed by atoms with Crippen molar-refractivity contribution in [3.63, 3.8) is 0 Å². The van der Waals surface area contributed by atoms with E-state index < -0.39 is 0 Å². The van der Waals surface area contributed by atoms with Crippen molar-refractivity contribution in [2.24, 2.45) is 0 Å². The van der Waals surface area contributed by atoms with Crippen molar-refractivity contribution in [3.8, 4) is 22.4 Å². The highest BCUT2D eigenvalue weighted by atomic mass is 16.6. The van der Waals surface area contributed by atoms with Crippen LogP contribution in [-0.2, 0) is 11.3 Å². The van der Waals surface area contributed by atoms with Gasteiger partial charge < -0.3 is 14.6 Å². The van der Waals surface area contributed by atoms with Crippen LogP contribution in [0.1, 0.15) is 35.6 Å². The first-order chi connectivity index (χ1) is 18.7. The molecule has 1 saturated heterocycles. The van der Waals surface area contributed by atoms with Gasteiger partial charge in [0.2, 0.25) is 0 Å². The van der Waals surface area contributed by atoms with Crippen molar-refractivity contribution in [1.29, 1.82) is 0 Å². The van der Waals surface area contributed by atoms with E-state index >= 15 is 0 Å². The predicted molar refractivity (Wildman–Crippen MR) is 152 cm³/mol. The fourth-order valence-electron chi connectivity index (χ4n) is 5.37. The van der Waals surface area contributed by atoms with Crippen molar-refractivity contribution in [1.82, 2.24) is 14.9 Å². The van der Waals surface area contributed by atoms with Gasteiger partial charge in [0, 0.05) is 41.8 Å².